The van der Waals surface area contributed by atoms with Crippen LogP contribution in [0, 0.1) is 7.05 Å². The summed E-state index contributed by atoms with van der Waals surface area (Å²) in [5.41, 5.74) is 0. The second-order valence-electron chi connectivity index (χ2n) is 10.6. The number of rotatable bonds is 0. The first-order valence-corrected chi connectivity index (χ1v) is 13.5. The van der Waals surface area contributed by atoms with E-state index in [1.54, 1.807) is 0 Å². The van der Waals surface area contributed by atoms with Crippen LogP contribution in [0.15, 0.2) is 0 Å². The first kappa shape index (κ1) is 32.8. The lowest BCUT2D eigenvalue weighted by atomic mass is 10.1. The largest absolute Gasteiger partial charge is 0.466 e. The van der Waals surface area contributed by atoms with Crippen LogP contribution in [0.3, 0.4) is 0 Å². The van der Waals surface area contributed by atoms with Crippen molar-refractivity contribution in [2.45, 2.75) is 58.8 Å². The summed E-state index contributed by atoms with van der Waals surface area (Å²) in [7, 11) is 14.8. The molecule has 0 aromatic heterocycles. The number of piperidine rings is 1. The second kappa shape index (κ2) is 21.1. The highest BCUT2D eigenvalue weighted by Crippen LogP contribution is 2.05. The fraction of sp³-hybridized carbons (Fsp3) is 0.963. The molecule has 200 valence electrons. The van der Waals surface area contributed by atoms with E-state index in [0.29, 0.717) is 0 Å². The highest BCUT2D eigenvalue weighted by molar-refractivity contribution is 4.61. The molecular formula is C27H62N6. The highest BCUT2D eigenvalue weighted by atomic mass is 15.2. The van der Waals surface area contributed by atoms with Crippen molar-refractivity contribution in [1.29, 1.82) is 0 Å². The van der Waals surface area contributed by atoms with Crippen molar-refractivity contribution in [3.8, 4) is 0 Å². The summed E-state index contributed by atoms with van der Waals surface area (Å²) in [4.78, 5) is 13.2. The second-order valence-corrected chi connectivity index (χ2v) is 10.6. The van der Waals surface area contributed by atoms with Gasteiger partial charge in [0.25, 0.3) is 0 Å². The third-order valence-corrected chi connectivity index (χ3v) is 7.01. The first-order valence-electron chi connectivity index (χ1n) is 13.5. The zero-order valence-electron chi connectivity index (χ0n) is 22.6. The Labute approximate surface area is 209 Å². The quantitative estimate of drug-likeness (QED) is 0.546. The average molecular weight is 471 g/mol. The van der Waals surface area contributed by atoms with Crippen molar-refractivity contribution in [1.82, 2.24) is 24.5 Å². The van der Waals surface area contributed by atoms with Crippen LogP contribution in [0.2, 0.25) is 0 Å². The molecule has 33 heavy (non-hydrogen) atoms. The molecule has 5 aliphatic rings. The molecule has 5 fully saturated rings. The molecule has 0 unspecified atom stereocenters. The molecule has 6 nitrogen and oxygen atoms in total. The molecule has 0 aromatic rings. The van der Waals surface area contributed by atoms with Gasteiger partial charge in [-0.2, -0.15) is 7.05 Å². The minimum Gasteiger partial charge on any atom is -0.466 e. The number of likely N-dealkylation sites (N-methyl/N-ethyl adjacent to an activating group) is 1. The molecule has 0 spiro atoms. The first-order chi connectivity index (χ1) is 15.4. The highest BCUT2D eigenvalue weighted by Gasteiger charge is 2.08. The van der Waals surface area contributed by atoms with Crippen molar-refractivity contribution in [2.24, 2.45) is 0 Å². The van der Waals surface area contributed by atoms with Crippen molar-refractivity contribution < 1.29 is 4.90 Å². The van der Waals surface area contributed by atoms with Crippen LogP contribution >= 0.6 is 0 Å². The third-order valence-electron chi connectivity index (χ3n) is 7.01. The van der Waals surface area contributed by atoms with Crippen LogP contribution in [-0.2, 0) is 0 Å². The Morgan fingerprint density at radius 3 is 0.788 bits per heavy atom. The molecule has 5 heterocycles. The molecule has 0 bridgehead atoms. The van der Waals surface area contributed by atoms with Crippen molar-refractivity contribution in [3.63, 3.8) is 0 Å². The Balaban J connectivity index is 0.000000388. The number of nitrogens with one attached hydrogen (secondary N) is 1. The van der Waals surface area contributed by atoms with Gasteiger partial charge in [0.05, 0.1) is 13.1 Å². The van der Waals surface area contributed by atoms with Crippen LogP contribution in [0.5, 0.6) is 0 Å². The zero-order chi connectivity index (χ0) is 23.6. The van der Waals surface area contributed by atoms with Crippen molar-refractivity contribution in [3.05, 3.63) is 7.05 Å². The minimum atomic E-state index is 0. The molecule has 5 saturated heterocycles. The lowest BCUT2D eigenvalue weighted by Gasteiger charge is -2.31. The molecule has 0 radical (unpaired) electrons. The van der Waals surface area contributed by atoms with Gasteiger partial charge < -0.3 is 24.5 Å². The topological polar surface area (TPSA) is 20.6 Å². The molecule has 0 saturated carbocycles. The molecule has 0 amide bonds. The summed E-state index contributed by atoms with van der Waals surface area (Å²) in [5, 5.41) is 0. The van der Waals surface area contributed by atoms with Crippen molar-refractivity contribution in [2.75, 3.05) is 114 Å². The molecule has 1 N–H and O–H groups in total. The smallest absolute Gasteiger partial charge is 0.0660 e. The van der Waals surface area contributed by atoms with E-state index >= 15 is 0 Å². The van der Waals surface area contributed by atoms with E-state index in [-0.39, 0.29) is 7.43 Å². The van der Waals surface area contributed by atoms with E-state index in [9.17, 15) is 0 Å². The van der Waals surface area contributed by atoms with Gasteiger partial charge in [0, 0.05) is 13.1 Å². The molecule has 0 aromatic carbocycles. The number of quaternary nitrogens is 1. The van der Waals surface area contributed by atoms with Crippen LogP contribution < -0.4 is 4.90 Å². The fourth-order valence-corrected chi connectivity index (χ4v) is 4.21. The van der Waals surface area contributed by atoms with Gasteiger partial charge in [-0.05, 0) is 133 Å². The Morgan fingerprint density at radius 1 is 0.394 bits per heavy atom. The maximum atomic E-state index is 3.92. The number of piperazine rings is 1. The summed E-state index contributed by atoms with van der Waals surface area (Å²) in [6, 6.07) is 0. The van der Waals surface area contributed by atoms with E-state index in [4.69, 9.17) is 0 Å². The monoisotopic (exact) mass is 471 g/mol. The van der Waals surface area contributed by atoms with E-state index < -0.39 is 0 Å². The van der Waals surface area contributed by atoms with Crippen LogP contribution in [0.4, 0.5) is 0 Å². The molecule has 5 aliphatic heterocycles. The van der Waals surface area contributed by atoms with E-state index in [1.807, 2.05) is 0 Å². The summed E-state index contributed by atoms with van der Waals surface area (Å²) in [6.45, 7) is 15.4. The number of hydrogen-bond acceptors (Lipinski definition) is 5. The maximum absolute atomic E-state index is 3.92. The predicted molar refractivity (Wildman–Crippen MR) is 147 cm³/mol. The number of nitrogens with zero attached hydrogens (tertiary/aromatic N) is 5. The summed E-state index contributed by atoms with van der Waals surface area (Å²) in [5.74, 6) is 0. The van der Waals surface area contributed by atoms with Crippen LogP contribution in [0.25, 0.3) is 0 Å². The van der Waals surface area contributed by atoms with E-state index in [1.165, 1.54) is 135 Å². The third kappa shape index (κ3) is 19.7. The van der Waals surface area contributed by atoms with E-state index in [2.05, 4.69) is 66.8 Å². The Morgan fingerprint density at radius 2 is 0.636 bits per heavy atom. The number of hydrogen-bond donors (Lipinski definition) is 1. The molecule has 0 aliphatic carbocycles. The minimum absolute atomic E-state index is 0. The van der Waals surface area contributed by atoms with Crippen LogP contribution in [0.1, 0.15) is 58.8 Å². The van der Waals surface area contributed by atoms with Gasteiger partial charge in [-0.1, -0.05) is 13.8 Å². The van der Waals surface area contributed by atoms with Crippen molar-refractivity contribution >= 4 is 0 Å². The number of likely N-dealkylation sites (tertiary alicyclic amines) is 4. The van der Waals surface area contributed by atoms with Gasteiger partial charge >= 0.3 is 0 Å². The Kier molecular flexibility index (Phi) is 20.9. The van der Waals surface area contributed by atoms with Gasteiger partial charge in [-0.15, -0.1) is 0 Å². The lowest BCUT2D eigenvalue weighted by Crippen LogP contribution is -3.09. The van der Waals surface area contributed by atoms with Gasteiger partial charge in [0.1, 0.15) is 0 Å². The van der Waals surface area contributed by atoms with E-state index in [0.717, 1.165) is 0 Å². The maximum Gasteiger partial charge on any atom is 0.0660 e. The standard InChI is InChI=1S/C6H14N2.C6H13N.2C5H11N.C4H9N.CH4/c1-7-3-5-8(2)6-4-7;1-7-5-3-2-4-6-7;2*1-6-4-2-3-5-6;1-5-3-2-4-5;/h7H,1,3-6H2,2H3;2-6H2,1H3;2*2-5H2,1H3;2-4H2,1H3;1H4. The molecule has 0 atom stereocenters. The molecular weight excluding hydrogens is 408 g/mol. The Hall–Kier alpha value is -0.240. The average Bonchev–Trinajstić information content (AvgIpc) is 3.44. The van der Waals surface area contributed by atoms with Gasteiger partial charge in [0.2, 0.25) is 0 Å². The SMILES string of the molecule is C.CN1CCC1.CN1CCCC1.CN1CCCC1.CN1CCCCC1.[CH2-][NH+]1CCN(C)CC1. The van der Waals surface area contributed by atoms with Gasteiger partial charge in [-0.25, -0.2) is 0 Å². The predicted octanol–water partition coefficient (Wildman–Crippen LogP) is 2.09. The summed E-state index contributed by atoms with van der Waals surface area (Å²) < 4.78 is 0. The summed E-state index contributed by atoms with van der Waals surface area (Å²) >= 11 is 0. The normalized spacial score (nSPS) is 24.9. The van der Waals surface area contributed by atoms with Crippen LogP contribution in [-0.4, -0.2) is 138 Å². The van der Waals surface area contributed by atoms with Gasteiger partial charge in [0.15, 0.2) is 0 Å². The van der Waals surface area contributed by atoms with Gasteiger partial charge in [-0.3, -0.25) is 4.90 Å². The lowest BCUT2D eigenvalue weighted by molar-refractivity contribution is -0.858. The zero-order valence-corrected chi connectivity index (χ0v) is 22.6. The molecule has 6 heteroatoms. The fourth-order valence-electron chi connectivity index (χ4n) is 4.21. The molecule has 5 rings (SSSR count). The summed E-state index contributed by atoms with van der Waals surface area (Å²) in [6.07, 6.45) is 11.3. The Bertz CT molecular complexity index is 367.